The first kappa shape index (κ1) is 18.1. The summed E-state index contributed by atoms with van der Waals surface area (Å²) in [6.45, 7) is 8.76. The molecule has 0 amide bonds. The number of hydrogen-bond donors (Lipinski definition) is 2. The standard InChI is InChI=1S/C17H25F2N3S/c1-12-8-13(2)11-22(10-12)7-3-6-20-17(23)21-14-4-5-15(18)16(19)9-14/h4-5,9,12-13H,3,6-8,10-11H2,1-2H3,(H2,20,21,23)/t12-,13+. The smallest absolute Gasteiger partial charge is 0.170 e. The summed E-state index contributed by atoms with van der Waals surface area (Å²) in [6.07, 6.45) is 2.32. The Morgan fingerprint density at radius 2 is 1.91 bits per heavy atom. The molecule has 0 saturated carbocycles. The zero-order valence-corrected chi connectivity index (χ0v) is 14.6. The van der Waals surface area contributed by atoms with E-state index in [2.05, 4.69) is 29.4 Å². The van der Waals surface area contributed by atoms with Crippen molar-refractivity contribution in [1.82, 2.24) is 10.2 Å². The first-order valence-corrected chi connectivity index (χ1v) is 8.57. The van der Waals surface area contributed by atoms with Gasteiger partial charge >= 0.3 is 0 Å². The molecule has 23 heavy (non-hydrogen) atoms. The summed E-state index contributed by atoms with van der Waals surface area (Å²) in [5, 5.41) is 6.39. The number of nitrogens with zero attached hydrogens (tertiary/aromatic N) is 1. The quantitative estimate of drug-likeness (QED) is 0.632. The molecular weight excluding hydrogens is 316 g/mol. The number of hydrogen-bond acceptors (Lipinski definition) is 2. The molecule has 0 unspecified atom stereocenters. The van der Waals surface area contributed by atoms with Gasteiger partial charge in [0.25, 0.3) is 0 Å². The maximum Gasteiger partial charge on any atom is 0.170 e. The van der Waals surface area contributed by atoms with Gasteiger partial charge in [-0.05, 0) is 55.6 Å². The predicted molar refractivity (Wildman–Crippen MR) is 94.6 cm³/mol. The zero-order chi connectivity index (χ0) is 16.8. The second kappa shape index (κ2) is 8.55. The summed E-state index contributed by atoms with van der Waals surface area (Å²) < 4.78 is 26.0. The van der Waals surface area contributed by atoms with Gasteiger partial charge in [-0.1, -0.05) is 13.8 Å². The molecule has 1 saturated heterocycles. The first-order chi connectivity index (χ1) is 10.9. The van der Waals surface area contributed by atoms with Gasteiger partial charge in [-0.25, -0.2) is 8.78 Å². The number of benzene rings is 1. The maximum atomic E-state index is 13.1. The van der Waals surface area contributed by atoms with E-state index >= 15 is 0 Å². The van der Waals surface area contributed by atoms with Crippen molar-refractivity contribution >= 4 is 23.0 Å². The van der Waals surface area contributed by atoms with Gasteiger partial charge in [0.05, 0.1) is 0 Å². The number of thiocarbonyl (C=S) groups is 1. The maximum absolute atomic E-state index is 13.1. The highest BCUT2D eigenvalue weighted by Gasteiger charge is 2.20. The fourth-order valence-corrected chi connectivity index (χ4v) is 3.45. The highest BCUT2D eigenvalue weighted by molar-refractivity contribution is 7.80. The second-order valence-electron chi connectivity index (χ2n) is 6.57. The minimum absolute atomic E-state index is 0.427. The third-order valence-electron chi connectivity index (χ3n) is 4.06. The van der Waals surface area contributed by atoms with E-state index in [0.29, 0.717) is 10.8 Å². The van der Waals surface area contributed by atoms with E-state index in [9.17, 15) is 8.78 Å². The summed E-state index contributed by atoms with van der Waals surface area (Å²) in [7, 11) is 0. The molecule has 3 nitrogen and oxygen atoms in total. The van der Waals surface area contributed by atoms with Crippen LogP contribution in [0.15, 0.2) is 18.2 Å². The van der Waals surface area contributed by atoms with Crippen molar-refractivity contribution in [3.05, 3.63) is 29.8 Å². The number of rotatable bonds is 5. The van der Waals surface area contributed by atoms with Crippen LogP contribution in [0, 0.1) is 23.5 Å². The van der Waals surface area contributed by atoms with Crippen LogP contribution in [0.2, 0.25) is 0 Å². The van der Waals surface area contributed by atoms with Crippen LogP contribution >= 0.6 is 12.2 Å². The van der Waals surface area contributed by atoms with Crippen LogP contribution < -0.4 is 10.6 Å². The average molecular weight is 341 g/mol. The van der Waals surface area contributed by atoms with Gasteiger partial charge in [-0.15, -0.1) is 0 Å². The normalized spacial score (nSPS) is 21.9. The van der Waals surface area contributed by atoms with E-state index < -0.39 is 11.6 Å². The molecule has 1 fully saturated rings. The molecule has 128 valence electrons. The van der Waals surface area contributed by atoms with Crippen molar-refractivity contribution in [3.63, 3.8) is 0 Å². The van der Waals surface area contributed by atoms with E-state index in [0.717, 1.165) is 43.5 Å². The van der Waals surface area contributed by atoms with Gasteiger partial charge in [-0.2, -0.15) is 0 Å². The fourth-order valence-electron chi connectivity index (χ4n) is 3.23. The summed E-state index contributed by atoms with van der Waals surface area (Å²) in [6, 6.07) is 3.64. The Bertz CT molecular complexity index is 529. The van der Waals surface area contributed by atoms with Crippen LogP contribution in [0.3, 0.4) is 0 Å². The van der Waals surface area contributed by atoms with Crippen molar-refractivity contribution in [2.45, 2.75) is 26.7 Å². The van der Waals surface area contributed by atoms with Crippen molar-refractivity contribution in [1.29, 1.82) is 0 Å². The molecule has 0 radical (unpaired) electrons. The van der Waals surface area contributed by atoms with Crippen LogP contribution in [0.4, 0.5) is 14.5 Å². The number of anilines is 1. The minimum Gasteiger partial charge on any atom is -0.362 e. The largest absolute Gasteiger partial charge is 0.362 e. The van der Waals surface area contributed by atoms with Crippen molar-refractivity contribution in [2.24, 2.45) is 11.8 Å². The van der Waals surface area contributed by atoms with Gasteiger partial charge in [0.15, 0.2) is 16.7 Å². The van der Waals surface area contributed by atoms with Crippen molar-refractivity contribution in [3.8, 4) is 0 Å². The molecule has 1 aliphatic rings. The van der Waals surface area contributed by atoms with Gasteiger partial charge in [0.2, 0.25) is 0 Å². The third kappa shape index (κ3) is 6.03. The van der Waals surface area contributed by atoms with Gasteiger partial charge in [0.1, 0.15) is 0 Å². The Morgan fingerprint density at radius 3 is 2.57 bits per heavy atom. The highest BCUT2D eigenvalue weighted by Crippen LogP contribution is 2.20. The molecule has 0 bridgehead atoms. The van der Waals surface area contributed by atoms with E-state index in [-0.39, 0.29) is 0 Å². The Kier molecular flexibility index (Phi) is 6.72. The van der Waals surface area contributed by atoms with Gasteiger partial charge in [0, 0.05) is 31.4 Å². The number of likely N-dealkylation sites (tertiary alicyclic amines) is 1. The summed E-state index contributed by atoms with van der Waals surface area (Å²) in [4.78, 5) is 2.51. The minimum atomic E-state index is -0.883. The number of halogens is 2. The number of piperidine rings is 1. The molecule has 1 heterocycles. The Labute approximate surface area is 142 Å². The lowest BCUT2D eigenvalue weighted by Gasteiger charge is -2.34. The average Bonchev–Trinajstić information content (AvgIpc) is 2.46. The molecule has 1 aromatic carbocycles. The third-order valence-corrected chi connectivity index (χ3v) is 4.31. The van der Waals surface area contributed by atoms with Crippen LogP contribution in [-0.2, 0) is 0 Å². The lowest BCUT2D eigenvalue weighted by Crippen LogP contribution is -2.40. The molecule has 2 rings (SSSR count). The zero-order valence-electron chi connectivity index (χ0n) is 13.7. The molecule has 0 spiro atoms. The topological polar surface area (TPSA) is 27.3 Å². The van der Waals surface area contributed by atoms with Gasteiger partial charge < -0.3 is 15.5 Å². The van der Waals surface area contributed by atoms with E-state index in [1.54, 1.807) is 0 Å². The fraction of sp³-hybridized carbons (Fsp3) is 0.588. The highest BCUT2D eigenvalue weighted by atomic mass is 32.1. The lowest BCUT2D eigenvalue weighted by atomic mass is 9.92. The molecule has 1 aromatic rings. The molecule has 1 aliphatic heterocycles. The first-order valence-electron chi connectivity index (χ1n) is 8.16. The van der Waals surface area contributed by atoms with Crippen molar-refractivity contribution < 1.29 is 8.78 Å². The molecule has 2 atom stereocenters. The van der Waals surface area contributed by atoms with Gasteiger partial charge in [-0.3, -0.25) is 0 Å². The van der Waals surface area contributed by atoms with E-state index in [1.165, 1.54) is 25.6 Å². The monoisotopic (exact) mass is 341 g/mol. The SMILES string of the molecule is C[C@@H]1C[C@H](C)CN(CCCNC(=S)Nc2ccc(F)c(F)c2)C1. The molecule has 0 aliphatic carbocycles. The molecule has 0 aromatic heterocycles. The van der Waals surface area contributed by atoms with Crippen LogP contribution in [0.5, 0.6) is 0 Å². The number of nitrogens with one attached hydrogen (secondary N) is 2. The summed E-state index contributed by atoms with van der Waals surface area (Å²) in [5.41, 5.74) is 0.445. The van der Waals surface area contributed by atoms with Crippen LogP contribution in [-0.4, -0.2) is 36.2 Å². The van der Waals surface area contributed by atoms with Crippen LogP contribution in [0.1, 0.15) is 26.7 Å². The lowest BCUT2D eigenvalue weighted by molar-refractivity contribution is 0.140. The van der Waals surface area contributed by atoms with Crippen LogP contribution in [0.25, 0.3) is 0 Å². The van der Waals surface area contributed by atoms with E-state index in [1.807, 2.05) is 0 Å². The Hall–Kier alpha value is -1.27. The summed E-state index contributed by atoms with van der Waals surface area (Å²) in [5.74, 6) is -0.212. The molecular formula is C17H25F2N3S. The Balaban J connectivity index is 1.65. The summed E-state index contributed by atoms with van der Waals surface area (Å²) >= 11 is 5.17. The molecule has 2 N–H and O–H groups in total. The molecule has 6 heteroatoms. The second-order valence-corrected chi connectivity index (χ2v) is 6.98. The van der Waals surface area contributed by atoms with Crippen molar-refractivity contribution in [2.75, 3.05) is 31.5 Å². The predicted octanol–water partition coefficient (Wildman–Crippen LogP) is 3.62. The van der Waals surface area contributed by atoms with E-state index in [4.69, 9.17) is 12.2 Å². The Morgan fingerprint density at radius 1 is 1.22 bits per heavy atom.